The fourth-order valence-electron chi connectivity index (χ4n) is 2.05. The van der Waals surface area contributed by atoms with Crippen LogP contribution in [0.1, 0.15) is 18.3 Å². The molecule has 0 fully saturated rings. The molecule has 1 atom stereocenters. The van der Waals surface area contributed by atoms with Crippen LogP contribution in [0.5, 0.6) is 0 Å². The molecule has 20 heavy (non-hydrogen) atoms. The number of nitrogens with one attached hydrogen (secondary N) is 2. The van der Waals surface area contributed by atoms with Crippen LogP contribution in [0.15, 0.2) is 30.9 Å². The normalized spacial score (nSPS) is 12.2. The highest BCUT2D eigenvalue weighted by molar-refractivity contribution is 5.74. The smallest absolute Gasteiger partial charge is 0.315 e. The molecule has 0 aliphatic heterocycles. The Morgan fingerprint density at radius 1 is 1.45 bits per heavy atom. The van der Waals surface area contributed by atoms with Crippen molar-refractivity contribution in [3.05, 3.63) is 42.2 Å². The van der Waals surface area contributed by atoms with Gasteiger partial charge in [-0.25, -0.2) is 9.78 Å². The summed E-state index contributed by atoms with van der Waals surface area (Å²) < 4.78 is 4.00. The molecule has 2 amide bonds. The molecule has 2 heterocycles. The molecule has 1 unspecified atom stereocenters. The van der Waals surface area contributed by atoms with E-state index in [4.69, 9.17) is 0 Å². The monoisotopic (exact) mass is 275 g/mol. The standard InChI is InChI=1S/C14H21N5O/c1-11(9-19-7-6-15-10-19)17-14(20)16-8-13-5-4-12(2)18(13)3/h4-7,10-11H,8-9H2,1-3H3,(H2,16,17,20). The molecule has 0 aromatic carbocycles. The van der Waals surface area contributed by atoms with Crippen LogP contribution in [-0.2, 0) is 20.1 Å². The van der Waals surface area contributed by atoms with Crippen molar-refractivity contribution >= 4 is 6.03 Å². The van der Waals surface area contributed by atoms with Gasteiger partial charge in [-0.15, -0.1) is 0 Å². The number of aromatic nitrogens is 3. The topological polar surface area (TPSA) is 63.9 Å². The van der Waals surface area contributed by atoms with E-state index in [1.165, 1.54) is 5.69 Å². The Kier molecular flexibility index (Phi) is 4.45. The molecular weight excluding hydrogens is 254 g/mol. The number of aryl methyl sites for hydroxylation is 1. The highest BCUT2D eigenvalue weighted by Crippen LogP contribution is 2.04. The molecule has 0 saturated carbocycles. The van der Waals surface area contributed by atoms with Gasteiger partial charge in [-0.3, -0.25) is 0 Å². The fourth-order valence-corrected chi connectivity index (χ4v) is 2.05. The number of carbonyl (C=O) groups is 1. The first-order chi connectivity index (χ1) is 9.56. The van der Waals surface area contributed by atoms with E-state index in [1.54, 1.807) is 12.5 Å². The van der Waals surface area contributed by atoms with Crippen molar-refractivity contribution in [3.8, 4) is 0 Å². The minimum atomic E-state index is -0.156. The number of hydrogen-bond acceptors (Lipinski definition) is 2. The highest BCUT2D eigenvalue weighted by Gasteiger charge is 2.08. The number of imidazole rings is 1. The molecule has 0 bridgehead atoms. The maximum atomic E-state index is 11.8. The summed E-state index contributed by atoms with van der Waals surface area (Å²) in [5, 5.41) is 5.77. The van der Waals surface area contributed by atoms with Gasteiger partial charge in [0.25, 0.3) is 0 Å². The van der Waals surface area contributed by atoms with E-state index >= 15 is 0 Å². The molecule has 108 valence electrons. The lowest BCUT2D eigenvalue weighted by Gasteiger charge is -2.15. The van der Waals surface area contributed by atoms with E-state index in [0.717, 1.165) is 5.69 Å². The third-order valence-corrected chi connectivity index (χ3v) is 3.33. The van der Waals surface area contributed by atoms with E-state index in [1.807, 2.05) is 43.8 Å². The lowest BCUT2D eigenvalue weighted by molar-refractivity contribution is 0.236. The van der Waals surface area contributed by atoms with E-state index in [2.05, 4.69) is 20.2 Å². The Hall–Kier alpha value is -2.24. The van der Waals surface area contributed by atoms with Crippen molar-refractivity contribution in [2.45, 2.75) is 33.0 Å². The molecule has 6 heteroatoms. The summed E-state index contributed by atoms with van der Waals surface area (Å²) in [5.41, 5.74) is 2.26. The number of rotatable bonds is 5. The molecular formula is C14H21N5O. The molecule has 0 aliphatic rings. The molecule has 2 aromatic rings. The van der Waals surface area contributed by atoms with E-state index in [-0.39, 0.29) is 12.1 Å². The summed E-state index contributed by atoms with van der Waals surface area (Å²) in [6.45, 7) is 5.23. The van der Waals surface area contributed by atoms with E-state index in [0.29, 0.717) is 13.1 Å². The number of carbonyl (C=O) groups excluding carboxylic acids is 1. The van der Waals surface area contributed by atoms with Gasteiger partial charge < -0.3 is 19.8 Å². The first-order valence-corrected chi connectivity index (χ1v) is 6.67. The molecule has 0 aliphatic carbocycles. The van der Waals surface area contributed by atoms with Crippen LogP contribution in [-0.4, -0.2) is 26.2 Å². The van der Waals surface area contributed by atoms with Crippen molar-refractivity contribution in [1.82, 2.24) is 24.8 Å². The highest BCUT2D eigenvalue weighted by atomic mass is 16.2. The Bertz CT molecular complexity index is 558. The van der Waals surface area contributed by atoms with Gasteiger partial charge in [0.15, 0.2) is 0 Å². The van der Waals surface area contributed by atoms with Gasteiger partial charge in [0.1, 0.15) is 0 Å². The molecule has 6 nitrogen and oxygen atoms in total. The zero-order valence-electron chi connectivity index (χ0n) is 12.1. The van der Waals surface area contributed by atoms with Crippen LogP contribution in [0.4, 0.5) is 4.79 Å². The van der Waals surface area contributed by atoms with Crippen molar-refractivity contribution < 1.29 is 4.79 Å². The maximum Gasteiger partial charge on any atom is 0.315 e. The number of urea groups is 1. The summed E-state index contributed by atoms with van der Waals surface area (Å²) in [6.07, 6.45) is 5.34. The summed E-state index contributed by atoms with van der Waals surface area (Å²) in [5.74, 6) is 0. The van der Waals surface area contributed by atoms with Crippen LogP contribution >= 0.6 is 0 Å². The molecule has 0 saturated heterocycles. The molecule has 2 rings (SSSR count). The minimum absolute atomic E-state index is 0.0411. The molecule has 0 radical (unpaired) electrons. The van der Waals surface area contributed by atoms with Crippen LogP contribution in [0, 0.1) is 6.92 Å². The van der Waals surface area contributed by atoms with E-state index < -0.39 is 0 Å². The van der Waals surface area contributed by atoms with Gasteiger partial charge in [0.2, 0.25) is 0 Å². The van der Waals surface area contributed by atoms with Crippen molar-refractivity contribution in [3.63, 3.8) is 0 Å². The van der Waals surface area contributed by atoms with Gasteiger partial charge in [-0.1, -0.05) is 0 Å². The van der Waals surface area contributed by atoms with Gasteiger partial charge in [0.05, 0.1) is 12.9 Å². The summed E-state index contributed by atoms with van der Waals surface area (Å²) >= 11 is 0. The fraction of sp³-hybridized carbons (Fsp3) is 0.429. The maximum absolute atomic E-state index is 11.8. The second kappa shape index (κ2) is 6.27. The Morgan fingerprint density at radius 2 is 2.25 bits per heavy atom. The minimum Gasteiger partial charge on any atom is -0.350 e. The molecule has 0 spiro atoms. The zero-order chi connectivity index (χ0) is 14.5. The number of nitrogens with zero attached hydrogens (tertiary/aromatic N) is 3. The van der Waals surface area contributed by atoms with Crippen LogP contribution < -0.4 is 10.6 Å². The second-order valence-electron chi connectivity index (χ2n) is 5.01. The lowest BCUT2D eigenvalue weighted by Crippen LogP contribution is -2.42. The molecule has 2 N–H and O–H groups in total. The summed E-state index contributed by atoms with van der Waals surface area (Å²) in [4.78, 5) is 15.8. The summed E-state index contributed by atoms with van der Waals surface area (Å²) in [6, 6.07) is 3.94. The van der Waals surface area contributed by atoms with Crippen LogP contribution in [0.2, 0.25) is 0 Å². The quantitative estimate of drug-likeness (QED) is 0.866. The van der Waals surface area contributed by atoms with Crippen LogP contribution in [0.25, 0.3) is 0 Å². The Labute approximate surface area is 118 Å². The van der Waals surface area contributed by atoms with Gasteiger partial charge in [0, 0.05) is 43.4 Å². The first-order valence-electron chi connectivity index (χ1n) is 6.67. The Morgan fingerprint density at radius 3 is 2.85 bits per heavy atom. The van der Waals surface area contributed by atoms with Crippen molar-refractivity contribution in [2.75, 3.05) is 0 Å². The van der Waals surface area contributed by atoms with Crippen molar-refractivity contribution in [1.29, 1.82) is 0 Å². The third kappa shape index (κ3) is 3.63. The average molecular weight is 275 g/mol. The van der Waals surface area contributed by atoms with E-state index in [9.17, 15) is 4.79 Å². The van der Waals surface area contributed by atoms with Crippen molar-refractivity contribution in [2.24, 2.45) is 7.05 Å². The SMILES string of the molecule is Cc1ccc(CNC(=O)NC(C)Cn2ccnc2)n1C. The summed E-state index contributed by atoms with van der Waals surface area (Å²) in [7, 11) is 1.99. The number of hydrogen-bond donors (Lipinski definition) is 2. The third-order valence-electron chi connectivity index (χ3n) is 3.33. The zero-order valence-corrected chi connectivity index (χ0v) is 12.1. The van der Waals surface area contributed by atoms with Gasteiger partial charge >= 0.3 is 6.03 Å². The Balaban J connectivity index is 1.76. The predicted octanol–water partition coefficient (Wildman–Crippen LogP) is 1.42. The van der Waals surface area contributed by atoms with Gasteiger partial charge in [-0.2, -0.15) is 0 Å². The largest absolute Gasteiger partial charge is 0.350 e. The predicted molar refractivity (Wildman–Crippen MR) is 77.2 cm³/mol. The lowest BCUT2D eigenvalue weighted by atomic mass is 10.3. The van der Waals surface area contributed by atoms with Crippen LogP contribution in [0.3, 0.4) is 0 Å². The average Bonchev–Trinajstić information content (AvgIpc) is 3.00. The first kappa shape index (κ1) is 14.2. The second-order valence-corrected chi connectivity index (χ2v) is 5.01. The van der Waals surface area contributed by atoms with Gasteiger partial charge in [-0.05, 0) is 26.0 Å². The number of amides is 2. The molecule has 2 aromatic heterocycles.